The van der Waals surface area contributed by atoms with Crippen molar-refractivity contribution >= 4 is 45.6 Å². The lowest BCUT2D eigenvalue weighted by molar-refractivity contribution is -0.116. The van der Waals surface area contributed by atoms with Gasteiger partial charge in [-0.3, -0.25) is 14.5 Å². The van der Waals surface area contributed by atoms with Gasteiger partial charge in [-0.15, -0.1) is 23.1 Å². The number of hydrogen-bond acceptors (Lipinski definition) is 5. The number of nitrogens with one attached hydrogen (secondary N) is 1. The molecule has 0 atom stereocenters. The molecule has 0 unspecified atom stereocenters. The first-order valence-electron chi connectivity index (χ1n) is 8.94. The first kappa shape index (κ1) is 20.6. The third-order valence-corrected chi connectivity index (χ3v) is 5.97. The molecule has 0 radical (unpaired) electrons. The smallest absolute Gasteiger partial charge is 0.238 e. The number of thiophene rings is 1. The summed E-state index contributed by atoms with van der Waals surface area (Å²) < 4.78 is 0. The Kier molecular flexibility index (Phi) is 7.45. The molecule has 0 bridgehead atoms. The zero-order chi connectivity index (χ0) is 20.5. The number of nitriles is 1. The Bertz CT molecular complexity index is 998. The van der Waals surface area contributed by atoms with E-state index >= 15 is 0 Å². The van der Waals surface area contributed by atoms with Crippen LogP contribution in [0.5, 0.6) is 0 Å². The summed E-state index contributed by atoms with van der Waals surface area (Å²) >= 11 is 2.77. The first-order chi connectivity index (χ1) is 14.2. The van der Waals surface area contributed by atoms with Crippen LogP contribution >= 0.6 is 23.1 Å². The highest BCUT2D eigenvalue weighted by molar-refractivity contribution is 8.00. The Morgan fingerprint density at radius 2 is 1.79 bits per heavy atom. The summed E-state index contributed by atoms with van der Waals surface area (Å²) in [7, 11) is 0. The molecule has 1 N–H and O–H groups in total. The van der Waals surface area contributed by atoms with Crippen LogP contribution in [0.15, 0.2) is 77.0 Å². The second-order valence-corrected chi connectivity index (χ2v) is 8.03. The number of carbonyl (C=O) groups excluding carboxylic acids is 2. The van der Waals surface area contributed by atoms with Gasteiger partial charge in [0.25, 0.3) is 0 Å². The molecule has 0 aliphatic heterocycles. The van der Waals surface area contributed by atoms with Gasteiger partial charge < -0.3 is 5.32 Å². The fourth-order valence-electron chi connectivity index (χ4n) is 2.67. The van der Waals surface area contributed by atoms with E-state index in [0.717, 1.165) is 15.5 Å². The molecule has 0 saturated heterocycles. The maximum Gasteiger partial charge on any atom is 0.238 e. The fraction of sp³-hybridized carbons (Fsp3) is 0.136. The number of hydrogen-bond donors (Lipinski definition) is 1. The minimum atomic E-state index is -0.149. The largest absolute Gasteiger partial charge is 0.325 e. The van der Waals surface area contributed by atoms with Crippen LogP contribution in [-0.4, -0.2) is 24.1 Å². The van der Waals surface area contributed by atoms with Crippen molar-refractivity contribution < 1.29 is 9.59 Å². The molecule has 0 aliphatic carbocycles. The molecule has 5 nitrogen and oxygen atoms in total. The Morgan fingerprint density at radius 3 is 2.52 bits per heavy atom. The molecular formula is C22H19N3O2S2. The molecule has 146 valence electrons. The molecule has 3 rings (SSSR count). The average Bonchev–Trinajstić information content (AvgIpc) is 3.26. The van der Waals surface area contributed by atoms with Crippen molar-refractivity contribution in [2.75, 3.05) is 22.5 Å². The van der Waals surface area contributed by atoms with E-state index in [4.69, 9.17) is 5.26 Å². The highest BCUT2D eigenvalue weighted by Crippen LogP contribution is 2.29. The van der Waals surface area contributed by atoms with Crippen LogP contribution in [0.25, 0.3) is 0 Å². The Balaban J connectivity index is 1.63. The summed E-state index contributed by atoms with van der Waals surface area (Å²) in [6.45, 7) is 0.00929. The molecule has 2 aromatic carbocycles. The quantitative estimate of drug-likeness (QED) is 0.427. The van der Waals surface area contributed by atoms with Gasteiger partial charge in [-0.25, -0.2) is 0 Å². The maximum absolute atomic E-state index is 12.7. The topological polar surface area (TPSA) is 73.2 Å². The van der Waals surface area contributed by atoms with Gasteiger partial charge in [0.15, 0.2) is 0 Å². The number of carbonyl (C=O) groups is 2. The molecule has 2 amide bonds. The Morgan fingerprint density at radius 1 is 1.03 bits per heavy atom. The number of amides is 2. The first-order valence-corrected chi connectivity index (χ1v) is 10.8. The predicted molar refractivity (Wildman–Crippen MR) is 118 cm³/mol. The van der Waals surface area contributed by atoms with E-state index < -0.39 is 0 Å². The minimum absolute atomic E-state index is 0.00929. The highest BCUT2D eigenvalue weighted by atomic mass is 32.2. The molecule has 0 spiro atoms. The number of para-hydroxylation sites is 1. The van der Waals surface area contributed by atoms with Crippen LogP contribution in [-0.2, 0) is 16.0 Å². The summed E-state index contributed by atoms with van der Waals surface area (Å²) in [6, 6.07) is 22.7. The lowest BCUT2D eigenvalue weighted by Gasteiger charge is -2.18. The van der Waals surface area contributed by atoms with Gasteiger partial charge >= 0.3 is 0 Å². The van der Waals surface area contributed by atoms with E-state index in [1.165, 1.54) is 28.0 Å². The number of nitrogens with zero attached hydrogens (tertiary/aromatic N) is 2. The summed E-state index contributed by atoms with van der Waals surface area (Å²) in [5.74, 6) is -0.0878. The van der Waals surface area contributed by atoms with Gasteiger partial charge in [0.05, 0.1) is 28.9 Å². The van der Waals surface area contributed by atoms with Crippen LogP contribution < -0.4 is 10.2 Å². The van der Waals surface area contributed by atoms with Crippen molar-refractivity contribution in [2.24, 2.45) is 0 Å². The van der Waals surface area contributed by atoms with E-state index in [1.807, 2.05) is 78.2 Å². The molecule has 0 fully saturated rings. The van der Waals surface area contributed by atoms with E-state index in [9.17, 15) is 9.59 Å². The number of benzene rings is 2. The van der Waals surface area contributed by atoms with Crippen LogP contribution in [0.2, 0.25) is 0 Å². The summed E-state index contributed by atoms with van der Waals surface area (Å²) in [5, 5.41) is 14.6. The summed E-state index contributed by atoms with van der Waals surface area (Å²) in [4.78, 5) is 27.3. The molecular weight excluding hydrogens is 402 g/mol. The SMILES string of the molecule is N#CCN(C(=O)CSc1ccccc1NC(=O)Cc1ccccc1)c1cccs1. The Labute approximate surface area is 178 Å². The van der Waals surface area contributed by atoms with Crippen molar-refractivity contribution in [2.45, 2.75) is 11.3 Å². The number of rotatable bonds is 8. The van der Waals surface area contributed by atoms with Crippen LogP contribution in [0.1, 0.15) is 5.56 Å². The van der Waals surface area contributed by atoms with Crippen LogP contribution in [0.3, 0.4) is 0 Å². The zero-order valence-electron chi connectivity index (χ0n) is 15.6. The molecule has 7 heteroatoms. The van der Waals surface area contributed by atoms with Crippen molar-refractivity contribution in [3.05, 3.63) is 77.7 Å². The van der Waals surface area contributed by atoms with Gasteiger partial charge in [-0.1, -0.05) is 42.5 Å². The van der Waals surface area contributed by atoms with Gasteiger partial charge in [0.2, 0.25) is 11.8 Å². The van der Waals surface area contributed by atoms with Crippen molar-refractivity contribution in [3.8, 4) is 6.07 Å². The van der Waals surface area contributed by atoms with Crippen molar-refractivity contribution in [3.63, 3.8) is 0 Å². The highest BCUT2D eigenvalue weighted by Gasteiger charge is 2.17. The molecule has 29 heavy (non-hydrogen) atoms. The van der Waals surface area contributed by atoms with E-state index in [1.54, 1.807) is 0 Å². The molecule has 0 aliphatic rings. The molecule has 1 aromatic heterocycles. The van der Waals surface area contributed by atoms with Gasteiger partial charge in [-0.05, 0) is 35.2 Å². The number of thioether (sulfide) groups is 1. The second kappa shape index (κ2) is 10.5. The zero-order valence-corrected chi connectivity index (χ0v) is 17.2. The van der Waals surface area contributed by atoms with Gasteiger partial charge in [0, 0.05) is 4.90 Å². The minimum Gasteiger partial charge on any atom is -0.325 e. The summed E-state index contributed by atoms with van der Waals surface area (Å²) in [6.07, 6.45) is 0.285. The summed E-state index contributed by atoms with van der Waals surface area (Å²) in [5.41, 5.74) is 1.61. The Hall–Kier alpha value is -3.08. The lowest BCUT2D eigenvalue weighted by atomic mass is 10.1. The van der Waals surface area contributed by atoms with Crippen molar-refractivity contribution in [1.29, 1.82) is 5.26 Å². The molecule has 1 heterocycles. The predicted octanol–water partition coefficient (Wildman–Crippen LogP) is 4.58. The molecule has 0 saturated carbocycles. The molecule has 3 aromatic rings. The van der Waals surface area contributed by atoms with E-state index in [2.05, 4.69) is 5.32 Å². The third-order valence-electron chi connectivity index (χ3n) is 4.02. The normalized spacial score (nSPS) is 10.2. The fourth-order valence-corrected chi connectivity index (χ4v) is 4.30. The van der Waals surface area contributed by atoms with E-state index in [0.29, 0.717) is 5.69 Å². The second-order valence-electron chi connectivity index (χ2n) is 6.08. The van der Waals surface area contributed by atoms with E-state index in [-0.39, 0.29) is 30.5 Å². The van der Waals surface area contributed by atoms with Crippen LogP contribution in [0, 0.1) is 11.3 Å². The van der Waals surface area contributed by atoms with Gasteiger partial charge in [-0.2, -0.15) is 5.26 Å². The average molecular weight is 422 g/mol. The standard InChI is InChI=1S/C22H19N3O2S2/c23-12-13-25(22-11-6-14-28-22)21(27)16-29-19-10-5-4-9-18(19)24-20(26)15-17-7-2-1-3-8-17/h1-11,14H,13,15-16H2,(H,24,26). The monoisotopic (exact) mass is 421 g/mol. The van der Waals surface area contributed by atoms with Gasteiger partial charge in [0.1, 0.15) is 6.54 Å². The lowest BCUT2D eigenvalue weighted by Crippen LogP contribution is -2.32. The van der Waals surface area contributed by atoms with Crippen molar-refractivity contribution in [1.82, 2.24) is 0 Å². The number of anilines is 2. The maximum atomic E-state index is 12.7. The van der Waals surface area contributed by atoms with Crippen LogP contribution in [0.4, 0.5) is 10.7 Å². The third kappa shape index (κ3) is 5.95.